The molecule has 0 spiro atoms. The second kappa shape index (κ2) is 7.25. The summed E-state index contributed by atoms with van der Waals surface area (Å²) in [5.41, 5.74) is 0.945. The van der Waals surface area contributed by atoms with Crippen LogP contribution >= 0.6 is 11.8 Å². The van der Waals surface area contributed by atoms with Crippen LogP contribution in [-0.4, -0.2) is 25.9 Å². The van der Waals surface area contributed by atoms with Gasteiger partial charge in [-0.25, -0.2) is 0 Å². The van der Waals surface area contributed by atoms with Gasteiger partial charge in [0.1, 0.15) is 0 Å². The third-order valence-electron chi connectivity index (χ3n) is 3.40. The summed E-state index contributed by atoms with van der Waals surface area (Å²) in [4.78, 5) is 12.2. The SMILES string of the molecule is CC(Sc1nnc(C(F)(F)F)n1C)C(=O)NC(C)c1ccccc1. The van der Waals surface area contributed by atoms with Gasteiger partial charge in [-0.05, 0) is 19.4 Å². The quantitative estimate of drug-likeness (QED) is 0.834. The number of thioether (sulfide) groups is 1. The number of amides is 1. The normalized spacial score (nSPS) is 14.2. The fourth-order valence-electron chi connectivity index (χ4n) is 2.03. The van der Waals surface area contributed by atoms with E-state index in [0.29, 0.717) is 0 Å². The molecule has 1 aromatic heterocycles. The van der Waals surface area contributed by atoms with Gasteiger partial charge in [0.2, 0.25) is 11.7 Å². The molecule has 130 valence electrons. The molecule has 5 nitrogen and oxygen atoms in total. The molecule has 1 N–H and O–H groups in total. The molecule has 0 saturated heterocycles. The van der Waals surface area contributed by atoms with Gasteiger partial charge in [0.25, 0.3) is 0 Å². The van der Waals surface area contributed by atoms with Crippen molar-refractivity contribution in [1.82, 2.24) is 20.1 Å². The standard InChI is InChI=1S/C15H17F3N4OS/c1-9(11-7-5-4-6-8-11)19-12(23)10(2)24-14-21-20-13(22(14)3)15(16,17)18/h4-10H,1-3H3,(H,19,23). The van der Waals surface area contributed by atoms with Gasteiger partial charge in [-0.15, -0.1) is 10.2 Å². The van der Waals surface area contributed by atoms with Crippen LogP contribution in [0.15, 0.2) is 35.5 Å². The van der Waals surface area contributed by atoms with Gasteiger partial charge in [-0.2, -0.15) is 13.2 Å². The smallest absolute Gasteiger partial charge is 0.349 e. The molecular weight excluding hydrogens is 341 g/mol. The van der Waals surface area contributed by atoms with Crippen molar-refractivity contribution in [3.8, 4) is 0 Å². The molecule has 0 radical (unpaired) electrons. The van der Waals surface area contributed by atoms with Crippen molar-refractivity contribution in [3.63, 3.8) is 0 Å². The van der Waals surface area contributed by atoms with Gasteiger partial charge in [0.05, 0.1) is 11.3 Å². The maximum absolute atomic E-state index is 12.7. The molecule has 0 aliphatic heterocycles. The minimum Gasteiger partial charge on any atom is -0.349 e. The van der Waals surface area contributed by atoms with Crippen molar-refractivity contribution < 1.29 is 18.0 Å². The van der Waals surface area contributed by atoms with Crippen LogP contribution in [0.5, 0.6) is 0 Å². The van der Waals surface area contributed by atoms with Crippen LogP contribution < -0.4 is 5.32 Å². The molecule has 2 unspecified atom stereocenters. The Labute approximate surface area is 141 Å². The third kappa shape index (κ3) is 4.28. The summed E-state index contributed by atoms with van der Waals surface area (Å²) in [5.74, 6) is -1.37. The Morgan fingerprint density at radius 2 is 1.83 bits per heavy atom. The number of halogens is 3. The fraction of sp³-hybridized carbons (Fsp3) is 0.400. The number of carbonyl (C=O) groups excluding carboxylic acids is 1. The second-order valence-corrected chi connectivity index (χ2v) is 6.57. The first-order valence-corrected chi connectivity index (χ1v) is 8.06. The Kier molecular flexibility index (Phi) is 5.53. The van der Waals surface area contributed by atoms with E-state index in [9.17, 15) is 18.0 Å². The molecule has 0 fully saturated rings. The lowest BCUT2D eigenvalue weighted by atomic mass is 10.1. The molecule has 0 aliphatic carbocycles. The Bertz CT molecular complexity index is 702. The van der Waals surface area contributed by atoms with Gasteiger partial charge in [-0.3, -0.25) is 4.79 Å². The highest BCUT2D eigenvalue weighted by Gasteiger charge is 2.37. The Morgan fingerprint density at radius 1 is 1.21 bits per heavy atom. The van der Waals surface area contributed by atoms with E-state index in [0.717, 1.165) is 21.9 Å². The minimum absolute atomic E-state index is 0.0392. The predicted molar refractivity (Wildman–Crippen MR) is 84.3 cm³/mol. The molecule has 9 heteroatoms. The number of rotatable bonds is 5. The van der Waals surface area contributed by atoms with E-state index in [2.05, 4.69) is 15.5 Å². The van der Waals surface area contributed by atoms with Crippen LogP contribution in [-0.2, 0) is 18.0 Å². The van der Waals surface area contributed by atoms with Crippen LogP contribution in [0, 0.1) is 0 Å². The number of nitrogens with one attached hydrogen (secondary N) is 1. The lowest BCUT2D eigenvalue weighted by molar-refractivity contribution is -0.147. The lowest BCUT2D eigenvalue weighted by Crippen LogP contribution is -2.33. The van der Waals surface area contributed by atoms with Crippen molar-refractivity contribution in [2.75, 3.05) is 0 Å². The summed E-state index contributed by atoms with van der Waals surface area (Å²) >= 11 is 0.930. The van der Waals surface area contributed by atoms with E-state index in [1.807, 2.05) is 37.3 Å². The molecule has 2 aromatic rings. The molecule has 2 rings (SSSR count). The molecule has 2 atom stereocenters. The minimum atomic E-state index is -4.58. The highest BCUT2D eigenvalue weighted by Crippen LogP contribution is 2.30. The molecule has 0 bridgehead atoms. The van der Waals surface area contributed by atoms with Crippen molar-refractivity contribution in [2.24, 2.45) is 7.05 Å². The highest BCUT2D eigenvalue weighted by molar-refractivity contribution is 8.00. The van der Waals surface area contributed by atoms with E-state index < -0.39 is 17.3 Å². The van der Waals surface area contributed by atoms with Crippen LogP contribution in [0.2, 0.25) is 0 Å². The maximum Gasteiger partial charge on any atom is 0.451 e. The Balaban J connectivity index is 2.01. The zero-order chi connectivity index (χ0) is 17.9. The third-order valence-corrected chi connectivity index (χ3v) is 4.53. The maximum atomic E-state index is 12.7. The number of hydrogen-bond acceptors (Lipinski definition) is 4. The fourth-order valence-corrected chi connectivity index (χ4v) is 2.86. The van der Waals surface area contributed by atoms with Crippen LogP contribution in [0.25, 0.3) is 0 Å². The molecule has 24 heavy (non-hydrogen) atoms. The van der Waals surface area contributed by atoms with E-state index in [-0.39, 0.29) is 17.1 Å². The first-order valence-electron chi connectivity index (χ1n) is 7.18. The number of aromatic nitrogens is 3. The van der Waals surface area contributed by atoms with Crippen LogP contribution in [0.1, 0.15) is 31.3 Å². The van der Waals surface area contributed by atoms with Crippen molar-refractivity contribution in [1.29, 1.82) is 0 Å². The lowest BCUT2D eigenvalue weighted by Gasteiger charge is -2.17. The molecule has 1 heterocycles. The summed E-state index contributed by atoms with van der Waals surface area (Å²) < 4.78 is 39.0. The number of carbonyl (C=O) groups is 1. The zero-order valence-corrected chi connectivity index (χ0v) is 14.1. The highest BCUT2D eigenvalue weighted by atomic mass is 32.2. The van der Waals surface area contributed by atoms with Crippen LogP contribution in [0.4, 0.5) is 13.2 Å². The summed E-state index contributed by atoms with van der Waals surface area (Å²) in [6, 6.07) is 9.19. The largest absolute Gasteiger partial charge is 0.451 e. The van der Waals surface area contributed by atoms with Crippen molar-refractivity contribution >= 4 is 17.7 Å². The van der Waals surface area contributed by atoms with Gasteiger partial charge in [-0.1, -0.05) is 42.1 Å². The number of nitrogens with zero attached hydrogens (tertiary/aromatic N) is 3. The summed E-state index contributed by atoms with van der Waals surface area (Å²) in [6.07, 6.45) is -4.58. The topological polar surface area (TPSA) is 59.8 Å². The number of benzene rings is 1. The molecule has 1 aromatic carbocycles. The number of hydrogen-bond donors (Lipinski definition) is 1. The first-order chi connectivity index (χ1) is 11.2. The average Bonchev–Trinajstić information content (AvgIpc) is 2.89. The zero-order valence-electron chi connectivity index (χ0n) is 13.3. The van der Waals surface area contributed by atoms with E-state index >= 15 is 0 Å². The predicted octanol–water partition coefficient (Wildman–Crippen LogP) is 3.19. The molecule has 0 aliphatic rings. The van der Waals surface area contributed by atoms with Gasteiger partial charge in [0, 0.05) is 7.05 Å². The average molecular weight is 358 g/mol. The summed E-state index contributed by atoms with van der Waals surface area (Å²) in [6.45, 7) is 3.45. The van der Waals surface area contributed by atoms with Crippen LogP contribution in [0.3, 0.4) is 0 Å². The Morgan fingerprint density at radius 3 is 2.38 bits per heavy atom. The van der Waals surface area contributed by atoms with Gasteiger partial charge < -0.3 is 9.88 Å². The molecule has 0 saturated carbocycles. The molecular formula is C15H17F3N4OS. The summed E-state index contributed by atoms with van der Waals surface area (Å²) in [5, 5.41) is 8.92. The summed E-state index contributed by atoms with van der Waals surface area (Å²) in [7, 11) is 1.22. The van der Waals surface area contributed by atoms with E-state index in [1.54, 1.807) is 6.92 Å². The van der Waals surface area contributed by atoms with Gasteiger partial charge >= 0.3 is 6.18 Å². The van der Waals surface area contributed by atoms with Gasteiger partial charge in [0.15, 0.2) is 5.16 Å². The second-order valence-electron chi connectivity index (χ2n) is 5.26. The molecule has 1 amide bonds. The Hall–Kier alpha value is -2.03. The number of alkyl halides is 3. The monoisotopic (exact) mass is 358 g/mol. The van der Waals surface area contributed by atoms with E-state index in [4.69, 9.17) is 0 Å². The van der Waals surface area contributed by atoms with Crippen molar-refractivity contribution in [3.05, 3.63) is 41.7 Å². The van der Waals surface area contributed by atoms with E-state index in [1.165, 1.54) is 7.05 Å². The first kappa shape index (κ1) is 18.3. The van der Waals surface area contributed by atoms with Crippen molar-refractivity contribution in [2.45, 2.75) is 36.5 Å².